The Kier molecular flexibility index (Phi) is 32.5. The van der Waals surface area contributed by atoms with E-state index in [-0.39, 0.29) is 215 Å². The number of aryl methyl sites for hydroxylation is 4. The number of aliphatic hydroxyl groups is 2. The molecule has 0 heterocycles. The van der Waals surface area contributed by atoms with Crippen LogP contribution in [0.4, 0.5) is 0 Å². The summed E-state index contributed by atoms with van der Waals surface area (Å²) in [5, 5.41) is 70.0. The molecule has 13 heteroatoms. The smallest absolute Gasteiger partial charge is 0.163 e. The van der Waals surface area contributed by atoms with Gasteiger partial charge in [-0.05, 0) is 456 Å². The van der Waals surface area contributed by atoms with Gasteiger partial charge >= 0.3 is 0 Å². The minimum absolute atomic E-state index is 0. The van der Waals surface area contributed by atoms with Crippen LogP contribution < -0.4 is 4.74 Å². The molecule has 0 aliphatic heterocycles. The van der Waals surface area contributed by atoms with Gasteiger partial charge in [0, 0.05) is 227 Å². The number of methoxy groups -OCH3 is 1. The largest absolute Gasteiger partial charge is 0.508 e. The number of benzene rings is 6. The fraction of sp³-hybridized carbons (Fsp3) is 0.545. The van der Waals surface area contributed by atoms with Crippen molar-refractivity contribution < 1.29 is 222 Å². The van der Waals surface area contributed by atoms with Crippen LogP contribution >= 0.6 is 0 Å². The number of carbonyl (C=O) groups excluding carboxylic acids is 1. The van der Waals surface area contributed by atoms with E-state index in [1.54, 1.807) is 42.5 Å². The van der Waals surface area contributed by atoms with Crippen LogP contribution in [0.25, 0.3) is 0 Å². The van der Waals surface area contributed by atoms with Crippen molar-refractivity contribution in [2.75, 3.05) is 7.11 Å². The zero-order valence-corrected chi connectivity index (χ0v) is 99.8. The second kappa shape index (κ2) is 41.6. The Labute approximate surface area is 944 Å². The number of phenolic OH excluding ortho intramolecular Hbond substituents is 5. The quantitative estimate of drug-likeness (QED) is 0.0674. The number of carbonyl (C=O) groups is 1. The Balaban J connectivity index is 0.000000122. The molecule has 9 fully saturated rings. The summed E-state index contributed by atoms with van der Waals surface area (Å²) in [4.78, 5) is 12.6. The fourth-order valence-electron chi connectivity index (χ4n) is 33.8. The first-order valence-electron chi connectivity index (χ1n) is 50.5. The number of Topliss-reactive ketones (excluding diaryl/α,β-unsaturated/α-hetero) is 1. The molecule has 27 unspecified atom stereocenters. The number of allylic oxidation sites excluding steroid dienone is 8. The van der Waals surface area contributed by atoms with E-state index in [1.165, 1.54) is 140 Å². The summed E-state index contributed by atoms with van der Waals surface area (Å²) in [7, 11) is 1.77. The molecule has 9 nitrogen and oxygen atoms in total. The molecule has 6 aromatic carbocycles. The van der Waals surface area contributed by atoms with Crippen LogP contribution in [0.5, 0.6) is 34.5 Å². The van der Waals surface area contributed by atoms with Crippen LogP contribution in [-0.4, -0.2) is 54.2 Å². The van der Waals surface area contributed by atoms with Gasteiger partial charge in [-0.2, -0.15) is 0 Å². The Morgan fingerprint density at radius 3 is 1.17 bits per heavy atom. The second-order valence-corrected chi connectivity index (χ2v) is 45.4. The third kappa shape index (κ3) is 18.1. The Bertz CT molecular complexity index is 5730. The maximum Gasteiger partial charge on any atom is 0.163 e. The van der Waals surface area contributed by atoms with Gasteiger partial charge in [-0.1, -0.05) is 132 Å². The number of phenols is 5. The van der Waals surface area contributed by atoms with E-state index in [0.717, 1.165) is 184 Å². The van der Waals surface area contributed by atoms with Gasteiger partial charge < -0.3 is 40.5 Å². The molecule has 0 saturated heterocycles. The van der Waals surface area contributed by atoms with Crippen molar-refractivity contribution in [1.82, 2.24) is 0 Å². The van der Waals surface area contributed by atoms with Crippen LogP contribution in [0.15, 0.2) is 169 Å². The first kappa shape index (κ1) is 105. The molecule has 4 radical (unpaired) electrons. The van der Waals surface area contributed by atoms with Crippen molar-refractivity contribution in [2.45, 2.75) is 288 Å². The average molecular weight is 2650 g/mol. The number of aliphatic hydroxyl groups excluding tert-OH is 1. The van der Waals surface area contributed by atoms with E-state index < -0.39 is 11.7 Å². The number of ketones is 1. The van der Waals surface area contributed by atoms with Gasteiger partial charge in [-0.15, -0.1) is 38.9 Å². The van der Waals surface area contributed by atoms with Crippen molar-refractivity contribution in [2.24, 2.45) is 115 Å². The summed E-state index contributed by atoms with van der Waals surface area (Å²) >= 11 is 0. The molecule has 134 heavy (non-hydrogen) atoms. The Hall–Kier alpha value is -3.58. The number of rotatable bonds is 3. The predicted molar refractivity (Wildman–Crippen MR) is 521 cm³/mol. The molecule has 6 aromatic rings. The number of hydrogen-bond acceptors (Lipinski definition) is 9. The average Bonchev–Trinajstić information content (AvgIpc) is 1.55. The summed E-state index contributed by atoms with van der Waals surface area (Å²) in [6.07, 6.45) is 69.4. The monoisotopic (exact) mass is 2650 g/mol. The molecule has 7 N–H and O–H groups in total. The Morgan fingerprint density at radius 2 is 0.739 bits per heavy atom. The molecule has 18 aliphatic rings. The first-order valence-corrected chi connectivity index (χ1v) is 50.5. The molecule has 28 atom stereocenters. The Morgan fingerprint density at radius 1 is 0.381 bits per heavy atom. The number of ether oxygens (including phenoxy) is 1. The summed E-state index contributed by atoms with van der Waals surface area (Å²) < 4.78 is 5.42. The number of terminal acetylenes is 4. The van der Waals surface area contributed by atoms with E-state index in [1.807, 2.05) is 48.5 Å². The van der Waals surface area contributed by atoms with Crippen molar-refractivity contribution in [3.05, 3.63) is 236 Å². The summed E-state index contributed by atoms with van der Waals surface area (Å²) in [6, 6.07) is 35.5. The normalized spacial score (nSPS) is 38.1. The van der Waals surface area contributed by atoms with Crippen LogP contribution in [0.3, 0.4) is 0 Å². The molecule has 24 rings (SSSR count). The minimum atomic E-state index is -0.919. The van der Waals surface area contributed by atoms with Gasteiger partial charge in [0.25, 0.3) is 0 Å². The van der Waals surface area contributed by atoms with Crippen molar-refractivity contribution >= 4 is 5.78 Å². The maximum absolute atomic E-state index is 12.6. The third-order valence-electron chi connectivity index (χ3n) is 40.7. The van der Waals surface area contributed by atoms with E-state index in [2.05, 4.69) is 145 Å². The SMILES string of the molecule is C#CC1(O)CCC2C3CCc4cc(O)ccc4C3CCC21C.C#CC1=CCC2C3CC(=O)c4cc(O)ccc4C3CCC12C.C#CC1=CCC2C3CCc4cc(O)ccc4C3CCC12C.C#CC1=CCC2C3C[C@@H](O)c4cc(O)ccc4C3CCC12C.C=CC1CCC2C3CCc4cc(O)ccc4C3CCC12C.C=CC1CCC2C3CCc4cc(OC)ccc4C3CCC12C.[Ac].[Ac].[Ac].[Ac]. The number of hydrogen-bond donors (Lipinski definition) is 7. The zero-order chi connectivity index (χ0) is 91.0. The van der Waals surface area contributed by atoms with E-state index in [9.17, 15) is 40.5 Å². The number of aromatic hydroxyl groups is 5. The van der Waals surface area contributed by atoms with Crippen molar-refractivity contribution in [1.29, 1.82) is 0 Å². The van der Waals surface area contributed by atoms with Gasteiger partial charge in [-0.3, -0.25) is 4.79 Å². The van der Waals surface area contributed by atoms with Crippen molar-refractivity contribution in [3.63, 3.8) is 0 Å². The number of fused-ring (bicyclic) bond motifs is 30. The van der Waals surface area contributed by atoms with E-state index in [0.29, 0.717) is 99.6 Å². The maximum atomic E-state index is 12.6. The van der Waals surface area contributed by atoms with Crippen LogP contribution in [0.1, 0.15) is 328 Å². The van der Waals surface area contributed by atoms with Crippen molar-refractivity contribution in [3.8, 4) is 83.9 Å². The predicted octanol–water partition coefficient (Wildman–Crippen LogP) is 26.4. The van der Waals surface area contributed by atoms with Gasteiger partial charge in [0.2, 0.25) is 0 Å². The van der Waals surface area contributed by atoms with E-state index >= 15 is 0 Å². The summed E-state index contributed by atoms with van der Waals surface area (Å²) in [5.41, 5.74) is 19.7. The van der Waals surface area contributed by atoms with Gasteiger partial charge in [0.15, 0.2) is 5.78 Å². The first-order chi connectivity index (χ1) is 62.5. The molecule has 0 bridgehead atoms. The van der Waals surface area contributed by atoms with Crippen LogP contribution in [0, 0.1) is 341 Å². The van der Waals surface area contributed by atoms with Gasteiger partial charge in [0.05, 0.1) is 13.2 Å². The standard InChI is InChI=1S/C21H28O.C20H22O2.C20H20O2.C20H24O2.C20H26O.C20H22O.4Ac/c1-4-15-6-10-20-19-8-5-14-13-16(22-3)7-9-17(14)18(19)11-12-21(15,20)2;2*1-3-12-4-7-18-16-11-19(22)17-10-13(21)5-6-14(17)15(16)8-9-20(12,18)2;1-3-20(22)11-9-18-17-6-4-13-12-14(21)5-7-15(13)16(17)8-10-19(18,20)2;2*1-3-14-5-9-19-18-7-4-13-12-15(21)6-8-16(13)17(18)10-11-20(14,19)2;;;;/h4,7,9,13,15,18-20H,1,5-6,8,10-12H2,2-3H3;1,4-6,10,15-16,18-19,21-22H,7-9,11H2,2H3;1,4-6,10,15-16,18,21H,7-9,11H2,2H3;1,5,7,12,16-18,21-22H,4,6,8-11H2,2H3;3,6,8,12,14,17-19,21H,1,4-5,7,9-11H2,2H3;1,5-6,8,12,17-19,21H,4,7,9-11H2,2H3;;;;/t;15?,16?,18?,19-,20?;;;;;;;;/m.1......../s1. The second-order valence-electron chi connectivity index (χ2n) is 45.4. The molecule has 0 amide bonds. The molecule has 18 aliphatic carbocycles. The van der Waals surface area contributed by atoms with E-state index in [4.69, 9.17) is 30.4 Å². The molecule has 692 valence electrons. The molecule has 9 saturated carbocycles. The minimum Gasteiger partial charge on any atom is -0.508 e. The third-order valence-corrected chi connectivity index (χ3v) is 40.7. The van der Waals surface area contributed by atoms with Gasteiger partial charge in [-0.25, -0.2) is 0 Å². The van der Waals surface area contributed by atoms with Crippen LogP contribution in [-0.2, 0) is 25.7 Å². The summed E-state index contributed by atoms with van der Waals surface area (Å²) in [6.45, 7) is 22.5. The zero-order valence-electron chi connectivity index (χ0n) is 80.8. The molecule has 0 aromatic heterocycles. The fourth-order valence-corrected chi connectivity index (χ4v) is 33.8. The molecular weight excluding hydrogens is 2510 g/mol. The topological polar surface area (TPSA) is 168 Å². The molecular formula is C121H142Ac4O9. The van der Waals surface area contributed by atoms with Gasteiger partial charge in [0.1, 0.15) is 40.1 Å². The molecule has 0 spiro atoms. The van der Waals surface area contributed by atoms with Crippen LogP contribution in [0.2, 0.25) is 0 Å². The summed E-state index contributed by atoms with van der Waals surface area (Å²) in [5.74, 6) is 27.4.